The Balaban J connectivity index is 2.15. The number of benzene rings is 2. The third-order valence-electron chi connectivity index (χ3n) is 3.54. The number of carboxylic acid groups (broad SMARTS) is 1. The van der Waals surface area contributed by atoms with Crippen molar-refractivity contribution in [1.29, 1.82) is 0 Å². The molecule has 21 heavy (non-hydrogen) atoms. The van der Waals surface area contributed by atoms with Gasteiger partial charge in [0.25, 0.3) is 0 Å². The summed E-state index contributed by atoms with van der Waals surface area (Å²) in [5.41, 5.74) is 4.37. The predicted molar refractivity (Wildman–Crippen MR) is 82.9 cm³/mol. The van der Waals surface area contributed by atoms with Crippen LogP contribution in [0.2, 0.25) is 0 Å². The first kappa shape index (κ1) is 15.1. The molecule has 0 amide bonds. The fraction of sp³-hybridized carbons (Fsp3) is 0.278. The number of aryl methyl sites for hydroxylation is 3. The van der Waals surface area contributed by atoms with Gasteiger partial charge in [-0.15, -0.1) is 0 Å². The predicted octanol–water partition coefficient (Wildman–Crippen LogP) is 3.69. The smallest absolute Gasteiger partial charge is 0.345 e. The summed E-state index contributed by atoms with van der Waals surface area (Å²) in [5, 5.41) is 9.36. The maximum atomic E-state index is 11.4. The van der Waals surface area contributed by atoms with E-state index in [-0.39, 0.29) is 0 Å². The first-order valence-corrected chi connectivity index (χ1v) is 6.98. The molecule has 0 radical (unpaired) electrons. The van der Waals surface area contributed by atoms with Crippen LogP contribution in [0.1, 0.15) is 22.3 Å². The maximum Gasteiger partial charge on any atom is 0.345 e. The SMILES string of the molecule is Cc1cccc(O[C@@H](Cc2ccc(C)c(C)c2)C(=O)O)c1. The van der Waals surface area contributed by atoms with Gasteiger partial charge in [0.15, 0.2) is 6.10 Å². The molecule has 0 aliphatic carbocycles. The third kappa shape index (κ3) is 4.09. The molecular weight excluding hydrogens is 264 g/mol. The van der Waals surface area contributed by atoms with Crippen molar-refractivity contribution in [3.8, 4) is 5.75 Å². The lowest BCUT2D eigenvalue weighted by atomic mass is 10.0. The van der Waals surface area contributed by atoms with Crippen molar-refractivity contribution in [3.63, 3.8) is 0 Å². The molecule has 3 heteroatoms. The second-order valence-electron chi connectivity index (χ2n) is 5.38. The molecule has 1 N–H and O–H groups in total. The van der Waals surface area contributed by atoms with Gasteiger partial charge >= 0.3 is 5.97 Å². The highest BCUT2D eigenvalue weighted by Gasteiger charge is 2.20. The standard InChI is InChI=1S/C18H20O3/c1-12-5-4-6-16(9-12)21-17(18(19)20)11-15-8-7-13(2)14(3)10-15/h4-10,17H,11H2,1-3H3,(H,19,20)/t17-/m0/s1. The zero-order valence-electron chi connectivity index (χ0n) is 12.6. The second kappa shape index (κ2) is 6.44. The first-order valence-electron chi connectivity index (χ1n) is 6.98. The van der Waals surface area contributed by atoms with Crippen molar-refractivity contribution in [2.45, 2.75) is 33.3 Å². The Bertz CT molecular complexity index is 647. The molecule has 0 aliphatic heterocycles. The van der Waals surface area contributed by atoms with Crippen molar-refractivity contribution in [2.24, 2.45) is 0 Å². The van der Waals surface area contributed by atoms with Gasteiger partial charge in [0.05, 0.1) is 0 Å². The van der Waals surface area contributed by atoms with E-state index in [9.17, 15) is 9.90 Å². The van der Waals surface area contributed by atoms with Crippen molar-refractivity contribution >= 4 is 5.97 Å². The lowest BCUT2D eigenvalue weighted by Crippen LogP contribution is -2.29. The van der Waals surface area contributed by atoms with E-state index >= 15 is 0 Å². The lowest BCUT2D eigenvalue weighted by molar-refractivity contribution is -0.145. The van der Waals surface area contributed by atoms with Crippen molar-refractivity contribution in [1.82, 2.24) is 0 Å². The van der Waals surface area contributed by atoms with Gasteiger partial charge in [0.2, 0.25) is 0 Å². The summed E-state index contributed by atoms with van der Waals surface area (Å²) in [5.74, 6) is -0.360. The molecule has 0 saturated heterocycles. The maximum absolute atomic E-state index is 11.4. The van der Waals surface area contributed by atoms with Crippen molar-refractivity contribution < 1.29 is 14.6 Å². The second-order valence-corrected chi connectivity index (χ2v) is 5.38. The lowest BCUT2D eigenvalue weighted by Gasteiger charge is -2.16. The first-order chi connectivity index (χ1) is 9.95. The summed E-state index contributed by atoms with van der Waals surface area (Å²) < 4.78 is 5.63. The van der Waals surface area contributed by atoms with Crippen LogP contribution in [0.4, 0.5) is 0 Å². The van der Waals surface area contributed by atoms with E-state index in [0.717, 1.165) is 16.7 Å². The molecule has 0 unspecified atom stereocenters. The molecule has 110 valence electrons. The zero-order valence-corrected chi connectivity index (χ0v) is 12.6. The zero-order chi connectivity index (χ0) is 15.4. The molecule has 0 spiro atoms. The molecular formula is C18H20O3. The fourth-order valence-corrected chi connectivity index (χ4v) is 2.18. The minimum Gasteiger partial charge on any atom is -0.478 e. The summed E-state index contributed by atoms with van der Waals surface area (Å²) >= 11 is 0. The van der Waals surface area contributed by atoms with Gasteiger partial charge in [-0.2, -0.15) is 0 Å². The van der Waals surface area contributed by atoms with E-state index in [1.165, 1.54) is 5.56 Å². The van der Waals surface area contributed by atoms with Crippen LogP contribution in [0.5, 0.6) is 5.75 Å². The molecule has 0 fully saturated rings. The van der Waals surface area contributed by atoms with Crippen LogP contribution in [0.3, 0.4) is 0 Å². The van der Waals surface area contributed by atoms with E-state index in [1.54, 1.807) is 6.07 Å². The van der Waals surface area contributed by atoms with Gasteiger partial charge in [-0.05, 0) is 55.2 Å². The highest BCUT2D eigenvalue weighted by Crippen LogP contribution is 2.18. The average molecular weight is 284 g/mol. The van der Waals surface area contributed by atoms with Gasteiger partial charge in [-0.1, -0.05) is 30.3 Å². The molecule has 2 aromatic rings. The minimum absolute atomic E-state index is 0.352. The number of hydrogen-bond donors (Lipinski definition) is 1. The Kier molecular flexibility index (Phi) is 4.63. The van der Waals surface area contributed by atoms with Gasteiger partial charge in [0, 0.05) is 6.42 Å². The van der Waals surface area contributed by atoms with Crippen LogP contribution in [0.25, 0.3) is 0 Å². The van der Waals surface area contributed by atoms with E-state index in [1.807, 2.05) is 57.2 Å². The Morgan fingerprint density at radius 2 is 1.86 bits per heavy atom. The number of rotatable bonds is 5. The summed E-state index contributed by atoms with van der Waals surface area (Å²) in [6.45, 7) is 6.01. The van der Waals surface area contributed by atoms with E-state index < -0.39 is 12.1 Å². The quantitative estimate of drug-likeness (QED) is 0.911. The highest BCUT2D eigenvalue weighted by atomic mass is 16.5. The number of carbonyl (C=O) groups is 1. The van der Waals surface area contributed by atoms with Crippen LogP contribution in [0.15, 0.2) is 42.5 Å². The van der Waals surface area contributed by atoms with Gasteiger partial charge in [-0.3, -0.25) is 0 Å². The molecule has 1 atom stereocenters. The molecule has 2 rings (SSSR count). The highest BCUT2D eigenvalue weighted by molar-refractivity contribution is 5.73. The fourth-order valence-electron chi connectivity index (χ4n) is 2.18. The molecule has 3 nitrogen and oxygen atoms in total. The van der Waals surface area contributed by atoms with E-state index in [0.29, 0.717) is 12.2 Å². The van der Waals surface area contributed by atoms with Crippen molar-refractivity contribution in [2.75, 3.05) is 0 Å². The summed E-state index contributed by atoms with van der Waals surface area (Å²) in [6, 6.07) is 13.4. The third-order valence-corrected chi connectivity index (χ3v) is 3.54. The van der Waals surface area contributed by atoms with Gasteiger partial charge in [0.1, 0.15) is 5.75 Å². The van der Waals surface area contributed by atoms with E-state index in [2.05, 4.69) is 0 Å². The number of ether oxygens (including phenoxy) is 1. The van der Waals surface area contributed by atoms with Crippen LogP contribution in [-0.2, 0) is 11.2 Å². The monoisotopic (exact) mass is 284 g/mol. The van der Waals surface area contributed by atoms with Crippen LogP contribution in [-0.4, -0.2) is 17.2 Å². The molecule has 2 aromatic carbocycles. The topological polar surface area (TPSA) is 46.5 Å². The van der Waals surface area contributed by atoms with Crippen molar-refractivity contribution in [3.05, 3.63) is 64.7 Å². The molecule has 0 heterocycles. The molecule has 0 aliphatic rings. The number of aliphatic carboxylic acids is 1. The summed E-state index contributed by atoms with van der Waals surface area (Å²) in [6.07, 6.45) is -0.529. The Morgan fingerprint density at radius 3 is 2.48 bits per heavy atom. The minimum atomic E-state index is -0.949. The molecule has 0 aromatic heterocycles. The Morgan fingerprint density at radius 1 is 1.10 bits per heavy atom. The summed E-state index contributed by atoms with van der Waals surface area (Å²) in [4.78, 5) is 11.4. The normalized spacial score (nSPS) is 12.0. The van der Waals surface area contributed by atoms with Crippen LogP contribution >= 0.6 is 0 Å². The number of carboxylic acids is 1. The summed E-state index contributed by atoms with van der Waals surface area (Å²) in [7, 11) is 0. The molecule has 0 saturated carbocycles. The average Bonchev–Trinajstić information content (AvgIpc) is 2.42. The van der Waals surface area contributed by atoms with E-state index in [4.69, 9.17) is 4.74 Å². The van der Waals surface area contributed by atoms with Gasteiger partial charge in [-0.25, -0.2) is 4.79 Å². The molecule has 0 bridgehead atoms. The Hall–Kier alpha value is -2.29. The van der Waals surface area contributed by atoms with Gasteiger partial charge < -0.3 is 9.84 Å². The number of hydrogen-bond acceptors (Lipinski definition) is 2. The Labute approximate surface area is 125 Å². The van der Waals surface area contributed by atoms with Crippen LogP contribution < -0.4 is 4.74 Å². The van der Waals surface area contributed by atoms with Crippen LogP contribution in [0, 0.1) is 20.8 Å². The largest absolute Gasteiger partial charge is 0.478 e.